The van der Waals surface area contributed by atoms with E-state index in [1.807, 2.05) is 30.3 Å². The molecule has 0 unspecified atom stereocenters. The number of methoxy groups -OCH3 is 1. The average molecular weight is 185 g/mol. The van der Waals surface area contributed by atoms with E-state index in [1.54, 1.807) is 13.3 Å². The molecule has 0 atom stereocenters. The van der Waals surface area contributed by atoms with Gasteiger partial charge < -0.3 is 4.74 Å². The Hall–Kier alpha value is -1.90. The Morgan fingerprint density at radius 3 is 2.71 bits per heavy atom. The van der Waals surface area contributed by atoms with Crippen LogP contribution in [0.3, 0.4) is 0 Å². The molecule has 0 saturated carbocycles. The Bertz CT molecular complexity index is 415. The van der Waals surface area contributed by atoms with Gasteiger partial charge in [-0.05, 0) is 5.56 Å². The maximum atomic E-state index is 5.17. The molecule has 1 aromatic carbocycles. The lowest BCUT2D eigenvalue weighted by molar-refractivity contribution is 0.413. The predicted molar refractivity (Wildman–Crippen MR) is 52.9 cm³/mol. The lowest BCUT2D eigenvalue weighted by atomic mass is 10.1. The molecule has 0 bridgehead atoms. The second kappa shape index (κ2) is 3.87. The molecule has 2 aromatic rings. The maximum absolute atomic E-state index is 5.17. The van der Waals surface area contributed by atoms with Crippen molar-refractivity contribution in [2.75, 3.05) is 7.11 Å². The summed E-state index contributed by atoms with van der Waals surface area (Å²) in [4.78, 5) is 0. The number of hydrogen-bond acceptors (Lipinski definition) is 3. The fourth-order valence-electron chi connectivity index (χ4n) is 1.25. The van der Waals surface area contributed by atoms with Gasteiger partial charge in [-0.3, -0.25) is 0 Å². The molecule has 0 aliphatic heterocycles. The van der Waals surface area contributed by atoms with E-state index < -0.39 is 0 Å². The van der Waals surface area contributed by atoms with E-state index in [0.29, 0.717) is 5.75 Å². The van der Waals surface area contributed by atoms with Crippen LogP contribution in [0.2, 0.25) is 0 Å². The van der Waals surface area contributed by atoms with Crippen LogP contribution >= 0.6 is 0 Å². The van der Waals surface area contributed by atoms with Crippen molar-refractivity contribution in [1.29, 1.82) is 0 Å². The van der Waals surface area contributed by atoms with Gasteiger partial charge >= 0.3 is 0 Å². The van der Waals surface area contributed by atoms with Gasteiger partial charge in [-0.15, -0.1) is 5.10 Å². The van der Waals surface area contributed by atoms with Gasteiger partial charge in [0.1, 0.15) is 11.9 Å². The van der Waals surface area contributed by atoms with Gasteiger partial charge in [0.2, 0.25) is 0 Å². The second-order valence-electron chi connectivity index (χ2n) is 2.77. The first-order valence-electron chi connectivity index (χ1n) is 4.24. The monoisotopic (exact) mass is 185 g/mol. The Labute approximate surface area is 82.4 Å². The second-order valence-corrected chi connectivity index (χ2v) is 2.77. The molecular formula is C11H9N2O. The summed E-state index contributed by atoms with van der Waals surface area (Å²) < 4.78 is 5.17. The average Bonchev–Trinajstić information content (AvgIpc) is 2.30. The SMILES string of the molecule is COc1cnn[c]c1-c1ccccc1. The molecule has 0 aliphatic rings. The maximum Gasteiger partial charge on any atom is 0.149 e. The summed E-state index contributed by atoms with van der Waals surface area (Å²) in [5.74, 6) is 0.686. The van der Waals surface area contributed by atoms with Crippen LogP contribution < -0.4 is 4.74 Å². The third-order valence-corrected chi connectivity index (χ3v) is 1.92. The summed E-state index contributed by atoms with van der Waals surface area (Å²) in [6, 6.07) is 9.85. The third-order valence-electron chi connectivity index (χ3n) is 1.92. The van der Waals surface area contributed by atoms with Crippen LogP contribution in [0.25, 0.3) is 11.1 Å². The van der Waals surface area contributed by atoms with Crippen molar-refractivity contribution in [1.82, 2.24) is 10.2 Å². The zero-order chi connectivity index (χ0) is 9.80. The fourth-order valence-corrected chi connectivity index (χ4v) is 1.25. The number of benzene rings is 1. The summed E-state index contributed by atoms with van der Waals surface area (Å²) in [5, 5.41) is 7.43. The van der Waals surface area contributed by atoms with Gasteiger partial charge in [0.15, 0.2) is 0 Å². The minimum atomic E-state index is 0.686. The Morgan fingerprint density at radius 1 is 1.21 bits per heavy atom. The zero-order valence-electron chi connectivity index (χ0n) is 7.77. The minimum Gasteiger partial charge on any atom is -0.494 e. The van der Waals surface area contributed by atoms with Crippen molar-refractivity contribution < 1.29 is 4.74 Å². The molecule has 1 radical (unpaired) electrons. The first kappa shape index (κ1) is 8.69. The number of hydrogen-bond donors (Lipinski definition) is 0. The van der Waals surface area contributed by atoms with E-state index >= 15 is 0 Å². The molecule has 0 aliphatic carbocycles. The Balaban J connectivity index is 2.51. The lowest BCUT2D eigenvalue weighted by Gasteiger charge is -2.05. The zero-order valence-corrected chi connectivity index (χ0v) is 7.77. The molecule has 3 nitrogen and oxygen atoms in total. The van der Waals surface area contributed by atoms with E-state index in [2.05, 4.69) is 16.4 Å². The van der Waals surface area contributed by atoms with E-state index in [0.717, 1.165) is 11.1 Å². The van der Waals surface area contributed by atoms with Crippen LogP contribution in [0.4, 0.5) is 0 Å². The molecule has 2 rings (SSSR count). The molecular weight excluding hydrogens is 176 g/mol. The number of aromatic nitrogens is 2. The molecule has 0 saturated heterocycles. The van der Waals surface area contributed by atoms with Gasteiger partial charge in [-0.2, -0.15) is 5.10 Å². The van der Waals surface area contributed by atoms with Crippen molar-refractivity contribution in [2.45, 2.75) is 0 Å². The quantitative estimate of drug-likeness (QED) is 0.717. The fraction of sp³-hybridized carbons (Fsp3) is 0.0909. The molecule has 1 aromatic heterocycles. The van der Waals surface area contributed by atoms with Crippen LogP contribution in [0.5, 0.6) is 5.75 Å². The number of rotatable bonds is 2. The van der Waals surface area contributed by atoms with E-state index in [-0.39, 0.29) is 0 Å². The van der Waals surface area contributed by atoms with Crippen LogP contribution in [-0.2, 0) is 0 Å². The summed E-state index contributed by atoms with van der Waals surface area (Å²) in [6.07, 6.45) is 4.40. The van der Waals surface area contributed by atoms with Gasteiger partial charge in [-0.25, -0.2) is 0 Å². The summed E-state index contributed by atoms with van der Waals surface area (Å²) >= 11 is 0. The summed E-state index contributed by atoms with van der Waals surface area (Å²) in [7, 11) is 1.61. The van der Waals surface area contributed by atoms with Crippen LogP contribution in [0.15, 0.2) is 36.5 Å². The van der Waals surface area contributed by atoms with Crippen LogP contribution in [0.1, 0.15) is 0 Å². The van der Waals surface area contributed by atoms with Gasteiger partial charge in [0, 0.05) is 0 Å². The third kappa shape index (κ3) is 1.57. The molecule has 3 heteroatoms. The van der Waals surface area contributed by atoms with Crippen molar-refractivity contribution in [3.63, 3.8) is 0 Å². The van der Waals surface area contributed by atoms with Crippen LogP contribution in [-0.4, -0.2) is 17.3 Å². The van der Waals surface area contributed by atoms with Gasteiger partial charge in [0.25, 0.3) is 0 Å². The topological polar surface area (TPSA) is 35.0 Å². The minimum absolute atomic E-state index is 0.686. The normalized spacial score (nSPS) is 9.79. The van der Waals surface area contributed by atoms with Crippen molar-refractivity contribution >= 4 is 0 Å². The molecule has 69 valence electrons. The molecule has 14 heavy (non-hydrogen) atoms. The van der Waals surface area contributed by atoms with Crippen molar-refractivity contribution in [2.24, 2.45) is 0 Å². The highest BCUT2D eigenvalue weighted by Crippen LogP contribution is 2.26. The standard InChI is InChI=1S/C11H9N2O/c1-14-11-8-13-12-7-10(11)9-5-3-2-4-6-9/h2-6,8H,1H3. The van der Waals surface area contributed by atoms with E-state index in [4.69, 9.17) is 4.74 Å². The lowest BCUT2D eigenvalue weighted by Crippen LogP contribution is -1.91. The Morgan fingerprint density at radius 2 is 2.00 bits per heavy atom. The van der Waals surface area contributed by atoms with Gasteiger partial charge in [-0.1, -0.05) is 30.3 Å². The molecule has 0 spiro atoms. The van der Waals surface area contributed by atoms with E-state index in [9.17, 15) is 0 Å². The number of nitrogens with zero attached hydrogens (tertiary/aromatic N) is 2. The van der Waals surface area contributed by atoms with E-state index in [1.165, 1.54) is 0 Å². The summed E-state index contributed by atoms with van der Waals surface area (Å²) in [6.45, 7) is 0. The van der Waals surface area contributed by atoms with Crippen LogP contribution in [0, 0.1) is 6.20 Å². The molecule has 0 amide bonds. The first-order chi connectivity index (χ1) is 6.92. The molecule has 0 N–H and O–H groups in total. The van der Waals surface area contributed by atoms with Crippen molar-refractivity contribution in [3.8, 4) is 16.9 Å². The van der Waals surface area contributed by atoms with Crippen molar-refractivity contribution in [3.05, 3.63) is 42.7 Å². The predicted octanol–water partition coefficient (Wildman–Crippen LogP) is 1.95. The highest BCUT2D eigenvalue weighted by Gasteiger charge is 2.05. The molecule has 0 fully saturated rings. The highest BCUT2D eigenvalue weighted by molar-refractivity contribution is 5.67. The number of ether oxygens (including phenoxy) is 1. The van der Waals surface area contributed by atoms with Gasteiger partial charge in [0.05, 0.1) is 18.9 Å². The Kier molecular flexibility index (Phi) is 2.40. The highest BCUT2D eigenvalue weighted by atomic mass is 16.5. The first-order valence-corrected chi connectivity index (χ1v) is 4.24. The summed E-state index contributed by atoms with van der Waals surface area (Å²) in [5.41, 5.74) is 1.86. The smallest absolute Gasteiger partial charge is 0.149 e. The molecule has 1 heterocycles. The largest absolute Gasteiger partial charge is 0.494 e.